The van der Waals surface area contributed by atoms with Gasteiger partial charge in [0.25, 0.3) is 5.56 Å². The summed E-state index contributed by atoms with van der Waals surface area (Å²) in [5.74, 6) is 0.710. The number of anilines is 1. The van der Waals surface area contributed by atoms with Gasteiger partial charge in [-0.25, -0.2) is 0 Å². The third-order valence-electron chi connectivity index (χ3n) is 1.81. The van der Waals surface area contributed by atoms with Crippen LogP contribution in [0.25, 0.3) is 0 Å². The Morgan fingerprint density at radius 2 is 2.15 bits per heavy atom. The summed E-state index contributed by atoms with van der Waals surface area (Å²) in [5, 5.41) is 8.65. The van der Waals surface area contributed by atoms with Gasteiger partial charge in [-0.2, -0.15) is 5.26 Å². The largest absolute Gasteiger partial charge is 0.364 e. The van der Waals surface area contributed by atoms with E-state index in [4.69, 9.17) is 5.26 Å². The summed E-state index contributed by atoms with van der Waals surface area (Å²) in [5.41, 5.74) is 0.562. The van der Waals surface area contributed by atoms with Gasteiger partial charge >= 0.3 is 0 Å². The maximum absolute atomic E-state index is 11.3. The van der Waals surface area contributed by atoms with Crippen LogP contribution in [-0.2, 0) is 0 Å². The van der Waals surface area contributed by atoms with Gasteiger partial charge in [-0.15, -0.1) is 0 Å². The molecule has 1 aromatic rings. The summed E-state index contributed by atoms with van der Waals surface area (Å²) in [6.45, 7) is 1.75. The second-order valence-electron chi connectivity index (χ2n) is 3.05. The number of nitrogens with one attached hydrogen (secondary N) is 1. The predicted octanol–water partition coefficient (Wildman–Crippen LogP) is 0.621. The number of aromatic nitrogens is 1. The zero-order valence-electron chi connectivity index (χ0n) is 7.88. The molecule has 68 valence electrons. The van der Waals surface area contributed by atoms with Gasteiger partial charge in [0, 0.05) is 14.1 Å². The molecular formula is C9H11N3O. The Kier molecular flexibility index (Phi) is 2.38. The van der Waals surface area contributed by atoms with Crippen LogP contribution in [0, 0.1) is 18.3 Å². The van der Waals surface area contributed by atoms with Gasteiger partial charge in [-0.3, -0.25) is 4.79 Å². The molecule has 1 N–H and O–H groups in total. The monoisotopic (exact) mass is 177 g/mol. The maximum atomic E-state index is 11.3. The van der Waals surface area contributed by atoms with Gasteiger partial charge in [-0.1, -0.05) is 0 Å². The third-order valence-corrected chi connectivity index (χ3v) is 1.81. The molecule has 0 bridgehead atoms. The van der Waals surface area contributed by atoms with E-state index < -0.39 is 0 Å². The average molecular weight is 177 g/mol. The Bertz CT molecular complexity index is 412. The number of aromatic amines is 1. The van der Waals surface area contributed by atoms with Crippen molar-refractivity contribution in [1.29, 1.82) is 5.26 Å². The molecule has 0 aliphatic rings. The van der Waals surface area contributed by atoms with Crippen LogP contribution in [0.15, 0.2) is 10.9 Å². The Labute approximate surface area is 76.4 Å². The first-order valence-electron chi connectivity index (χ1n) is 3.87. The summed E-state index contributed by atoms with van der Waals surface area (Å²) in [7, 11) is 3.66. The summed E-state index contributed by atoms with van der Waals surface area (Å²) in [4.78, 5) is 15.7. The Morgan fingerprint density at radius 1 is 1.54 bits per heavy atom. The maximum Gasteiger partial charge on any atom is 0.267 e. The summed E-state index contributed by atoms with van der Waals surface area (Å²) in [6, 6.07) is 3.65. The van der Waals surface area contributed by atoms with Crippen molar-refractivity contribution in [2.75, 3.05) is 19.0 Å². The van der Waals surface area contributed by atoms with E-state index in [1.165, 1.54) is 0 Å². The minimum atomic E-state index is -0.328. The molecule has 0 fully saturated rings. The second-order valence-corrected chi connectivity index (χ2v) is 3.05. The van der Waals surface area contributed by atoms with E-state index in [9.17, 15) is 4.79 Å². The number of aryl methyl sites for hydroxylation is 1. The van der Waals surface area contributed by atoms with E-state index in [1.54, 1.807) is 17.9 Å². The molecule has 4 heteroatoms. The Hall–Kier alpha value is -1.76. The average Bonchev–Trinajstić information content (AvgIpc) is 2.03. The van der Waals surface area contributed by atoms with E-state index in [0.717, 1.165) is 0 Å². The van der Waals surface area contributed by atoms with Gasteiger partial charge in [0.05, 0.1) is 0 Å². The van der Waals surface area contributed by atoms with Crippen LogP contribution in [0.2, 0.25) is 0 Å². The smallest absolute Gasteiger partial charge is 0.267 e. The summed E-state index contributed by atoms with van der Waals surface area (Å²) < 4.78 is 0. The highest BCUT2D eigenvalue weighted by Crippen LogP contribution is 2.08. The molecule has 1 heterocycles. The quantitative estimate of drug-likeness (QED) is 0.684. The van der Waals surface area contributed by atoms with E-state index in [1.807, 2.05) is 20.2 Å². The van der Waals surface area contributed by atoms with Crippen molar-refractivity contribution in [3.8, 4) is 6.07 Å². The zero-order valence-corrected chi connectivity index (χ0v) is 7.88. The molecule has 0 atom stereocenters. The van der Waals surface area contributed by atoms with Crippen molar-refractivity contribution in [2.24, 2.45) is 0 Å². The van der Waals surface area contributed by atoms with Crippen molar-refractivity contribution in [3.05, 3.63) is 27.5 Å². The number of nitrogens with zero attached hydrogens (tertiary/aromatic N) is 2. The zero-order chi connectivity index (χ0) is 10.0. The van der Waals surface area contributed by atoms with Gasteiger partial charge in [0.2, 0.25) is 0 Å². The van der Waals surface area contributed by atoms with Crippen molar-refractivity contribution < 1.29 is 0 Å². The van der Waals surface area contributed by atoms with Gasteiger partial charge in [0.1, 0.15) is 17.5 Å². The fraction of sp³-hybridized carbons (Fsp3) is 0.333. The van der Waals surface area contributed by atoms with Crippen molar-refractivity contribution in [1.82, 2.24) is 4.98 Å². The van der Waals surface area contributed by atoms with E-state index in [0.29, 0.717) is 11.4 Å². The van der Waals surface area contributed by atoms with Crippen LogP contribution in [0.3, 0.4) is 0 Å². The first-order valence-corrected chi connectivity index (χ1v) is 3.87. The Morgan fingerprint density at radius 3 is 2.54 bits per heavy atom. The second kappa shape index (κ2) is 3.31. The molecule has 0 aliphatic carbocycles. The number of rotatable bonds is 1. The minimum Gasteiger partial charge on any atom is -0.364 e. The first kappa shape index (κ1) is 9.33. The van der Waals surface area contributed by atoms with Gasteiger partial charge in [0.15, 0.2) is 0 Å². The molecular weight excluding hydrogens is 166 g/mol. The standard InChI is InChI=1S/C9H11N3O/c1-6-4-8(12(2)3)11-9(13)7(6)5-10/h4H,1-3H3,(H,11,13). The lowest BCUT2D eigenvalue weighted by Crippen LogP contribution is -2.19. The van der Waals surface area contributed by atoms with Gasteiger partial charge in [-0.05, 0) is 18.6 Å². The van der Waals surface area contributed by atoms with Crippen LogP contribution in [-0.4, -0.2) is 19.1 Å². The van der Waals surface area contributed by atoms with E-state index in [-0.39, 0.29) is 11.1 Å². The van der Waals surface area contributed by atoms with Crippen LogP contribution in [0.1, 0.15) is 11.1 Å². The molecule has 0 amide bonds. The highest BCUT2D eigenvalue weighted by atomic mass is 16.1. The van der Waals surface area contributed by atoms with Gasteiger partial charge < -0.3 is 9.88 Å². The molecule has 0 saturated carbocycles. The number of pyridine rings is 1. The van der Waals surface area contributed by atoms with Crippen molar-refractivity contribution in [3.63, 3.8) is 0 Å². The highest BCUT2D eigenvalue weighted by Gasteiger charge is 2.05. The van der Waals surface area contributed by atoms with Crippen molar-refractivity contribution in [2.45, 2.75) is 6.92 Å². The first-order chi connectivity index (χ1) is 6.06. The highest BCUT2D eigenvalue weighted by molar-refractivity contribution is 5.45. The lowest BCUT2D eigenvalue weighted by atomic mass is 10.2. The van der Waals surface area contributed by atoms with Crippen LogP contribution >= 0.6 is 0 Å². The number of hydrogen-bond acceptors (Lipinski definition) is 3. The van der Waals surface area contributed by atoms with Crippen LogP contribution in [0.4, 0.5) is 5.82 Å². The SMILES string of the molecule is Cc1cc(N(C)C)[nH]c(=O)c1C#N. The lowest BCUT2D eigenvalue weighted by molar-refractivity contribution is 1.04. The molecule has 0 aromatic carbocycles. The molecule has 13 heavy (non-hydrogen) atoms. The topological polar surface area (TPSA) is 59.9 Å². The molecule has 1 aromatic heterocycles. The Balaban J connectivity index is 3.40. The number of H-pyrrole nitrogens is 1. The predicted molar refractivity (Wildman–Crippen MR) is 50.8 cm³/mol. The summed E-state index contributed by atoms with van der Waals surface area (Å²) in [6.07, 6.45) is 0. The van der Waals surface area contributed by atoms with Crippen LogP contribution < -0.4 is 10.5 Å². The lowest BCUT2D eigenvalue weighted by Gasteiger charge is -2.12. The molecule has 0 aliphatic heterocycles. The molecule has 1 rings (SSSR count). The molecule has 0 saturated heterocycles. The minimum absolute atomic E-state index is 0.186. The molecule has 4 nitrogen and oxygen atoms in total. The van der Waals surface area contributed by atoms with Crippen molar-refractivity contribution >= 4 is 5.82 Å². The van der Waals surface area contributed by atoms with Crippen LogP contribution in [0.5, 0.6) is 0 Å². The summed E-state index contributed by atoms with van der Waals surface area (Å²) >= 11 is 0. The number of nitriles is 1. The molecule has 0 unspecified atom stereocenters. The molecule has 0 radical (unpaired) electrons. The fourth-order valence-electron chi connectivity index (χ4n) is 1.05. The third kappa shape index (κ3) is 1.70. The molecule has 0 spiro atoms. The number of hydrogen-bond donors (Lipinski definition) is 1. The van der Waals surface area contributed by atoms with E-state index >= 15 is 0 Å². The van der Waals surface area contributed by atoms with E-state index in [2.05, 4.69) is 4.98 Å². The normalized spacial score (nSPS) is 9.38. The fourth-order valence-corrected chi connectivity index (χ4v) is 1.05.